The Bertz CT molecular complexity index is 2700. The number of benzene rings is 2. The third-order valence-electron chi connectivity index (χ3n) is 10.1. The van der Waals surface area contributed by atoms with Gasteiger partial charge in [0, 0.05) is 60.2 Å². The number of alkyl halides is 1. The predicted molar refractivity (Wildman–Crippen MR) is 292 cm³/mol. The number of nitrogen functional groups attached to an aromatic ring is 2. The first-order chi connectivity index (χ1) is 34.1. The van der Waals surface area contributed by atoms with Crippen LogP contribution in [0.1, 0.15) is 56.3 Å². The van der Waals surface area contributed by atoms with Crippen LogP contribution in [0.25, 0.3) is 11.0 Å². The third kappa shape index (κ3) is 24.5. The number of anilines is 4. The second-order valence-electron chi connectivity index (χ2n) is 15.5. The smallest absolute Gasteiger partial charge is 1.00 e. The number of amides is 2. The van der Waals surface area contributed by atoms with Gasteiger partial charge in [0.1, 0.15) is 5.88 Å². The van der Waals surface area contributed by atoms with Gasteiger partial charge in [0.15, 0.2) is 27.8 Å². The molecule has 0 unspecified atom stereocenters. The fourth-order valence-electron chi connectivity index (χ4n) is 6.31. The number of nitrogens with one attached hydrogen (secondary N) is 4. The van der Waals surface area contributed by atoms with Gasteiger partial charge in [-0.15, -0.1) is 23.4 Å². The van der Waals surface area contributed by atoms with Gasteiger partial charge >= 0.3 is 29.6 Å². The van der Waals surface area contributed by atoms with Gasteiger partial charge in [-0.1, -0.05) is 20.8 Å². The number of phenolic OH excluding ortho intramolecular Hbond substituents is 1. The molecule has 8 rings (SSSR count). The molecule has 0 saturated carbocycles. The Morgan fingerprint density at radius 3 is 1.85 bits per heavy atom. The van der Waals surface area contributed by atoms with Crippen LogP contribution in [0, 0.1) is 25.5 Å². The average molecular weight is 1180 g/mol. The summed E-state index contributed by atoms with van der Waals surface area (Å²) in [5.74, 6) is 1.29. The van der Waals surface area contributed by atoms with E-state index in [1.54, 1.807) is 69.2 Å². The van der Waals surface area contributed by atoms with E-state index in [1.165, 1.54) is 57.4 Å². The zero-order valence-electron chi connectivity index (χ0n) is 43.4. The number of hydrogen-bond acceptors (Lipinski definition) is 16. The first-order valence-corrected chi connectivity index (χ1v) is 24.7. The maximum absolute atomic E-state index is 12.2. The van der Waals surface area contributed by atoms with E-state index < -0.39 is 0 Å². The van der Waals surface area contributed by atoms with Crippen LogP contribution in [-0.2, 0) is 20.7 Å². The monoisotopic (exact) mass is 1180 g/mol. The molecule has 4 aromatic heterocycles. The summed E-state index contributed by atoms with van der Waals surface area (Å²) in [6, 6.07) is 15.6. The number of aromatic hydroxyl groups is 1. The number of carbonyl (C=O) groups is 2. The number of imidazole rings is 1. The van der Waals surface area contributed by atoms with Crippen molar-refractivity contribution in [3.8, 4) is 23.0 Å². The number of hydrogen-bond donors (Lipinski definition) is 7. The number of halogens is 2. The molecule has 6 heterocycles. The van der Waals surface area contributed by atoms with Crippen LogP contribution in [0.15, 0.2) is 78.2 Å². The Hall–Kier alpha value is -4.72. The van der Waals surface area contributed by atoms with Crippen molar-refractivity contribution in [3.05, 3.63) is 101 Å². The topological polar surface area (TPSA) is 253 Å². The molecule has 23 heteroatoms. The molecule has 1 saturated heterocycles. The number of ether oxygens (including phenoxy) is 4. The fourth-order valence-corrected chi connectivity index (χ4v) is 7.38. The molecule has 2 amide bonds. The molecular formula is C50H68ClIN11NaO7S2. The Kier molecular flexibility index (Phi) is 32.9. The Morgan fingerprint density at radius 2 is 1.32 bits per heavy atom. The number of fused-ring (bicyclic) bond motifs is 2. The van der Waals surface area contributed by atoms with Crippen molar-refractivity contribution in [2.45, 2.75) is 60.8 Å². The standard InChI is InChI=1S/C18H19N3O3S.C9H10ClNO3.C7H7N3S.C6H9N3.C6H15N.C4H8O.HI.Na/c1-11-6-12-7-18(21-14(12)9-19-11)25-10-17(22)20-13-4-5-15(23-2)16(8-13)24-3;1-14-8-3-2-6(4-7(8)12)11-9(13)5-10;1-4-2-5-6(3-8-4)10-7(11)9-5;1-4-2-5(7)6(8)3-9-4;1-4-7(5-2)6-3;1-2-4-5-3-1;;/h4-6,8-9H,7,10H2,1-3H3,(H,20,22);2-4,12H,5H2,1H3,(H,11,13);2-3H,1H3,(H2,9,10,11);2-3H,8H2,1H3,(H2,7,9);4-6H2,1-3H3;1-4H2;1H;/q;;;;;;;+1/p-1. The van der Waals surface area contributed by atoms with E-state index in [-0.39, 0.29) is 77.0 Å². The number of aliphatic imine (C=N–C) groups is 1. The number of phenols is 1. The zero-order chi connectivity index (χ0) is 52.3. The second-order valence-corrected chi connectivity index (χ2v) is 17.2. The largest absolute Gasteiger partial charge is 1.00 e. The third-order valence-corrected chi connectivity index (χ3v) is 11.5. The van der Waals surface area contributed by atoms with E-state index in [2.05, 4.69) is 66.2 Å². The van der Waals surface area contributed by atoms with Crippen molar-refractivity contribution in [1.82, 2.24) is 29.8 Å². The van der Waals surface area contributed by atoms with Crippen molar-refractivity contribution in [1.29, 1.82) is 0 Å². The molecule has 0 spiro atoms. The Morgan fingerprint density at radius 1 is 0.767 bits per heavy atom. The molecule has 2 aliphatic heterocycles. The van der Waals surface area contributed by atoms with E-state index >= 15 is 0 Å². The van der Waals surface area contributed by atoms with Crippen molar-refractivity contribution < 1.29 is 87.2 Å². The first kappa shape index (κ1) is 66.3. The number of carbonyl (C=O) groups excluding carboxylic acids is 2. The van der Waals surface area contributed by atoms with Gasteiger partial charge in [0.25, 0.3) is 0 Å². The maximum Gasteiger partial charge on any atom is 1.00 e. The molecular weight excluding hydrogens is 1120 g/mol. The number of nitrogens with zero attached hydrogens (tertiary/aromatic N) is 5. The summed E-state index contributed by atoms with van der Waals surface area (Å²) >= 11 is 11.7. The van der Waals surface area contributed by atoms with Gasteiger partial charge in [0.2, 0.25) is 11.8 Å². The SMILES string of the molecule is C1CCOC1.CCN(CC)CC.COc1ccc(NC(=O)CCl)cc1O.COc1ccc(NC(=O)CSC2=Nc3cnc(C)cc3C2)cc1OC.Cc1cc(N)c(N)cn1.Cc1cc2[nH]c(=S)[nH]c2cn1.[I-].[Na+]. The minimum Gasteiger partial charge on any atom is -1.00 e. The number of H-pyrrole nitrogens is 2. The first-order valence-electron chi connectivity index (χ1n) is 22.8. The number of pyridine rings is 3. The molecule has 0 aliphatic carbocycles. The number of nitrogens with two attached hydrogens (primary N) is 2. The minimum absolute atomic E-state index is 0. The van der Waals surface area contributed by atoms with Gasteiger partial charge in [-0.3, -0.25) is 24.5 Å². The zero-order valence-corrected chi connectivity index (χ0v) is 49.9. The molecule has 2 aromatic carbocycles. The van der Waals surface area contributed by atoms with Crippen LogP contribution in [-0.4, -0.2) is 118 Å². The Balaban J connectivity index is 0.000000474. The summed E-state index contributed by atoms with van der Waals surface area (Å²) in [5, 5.41) is 15.7. The minimum atomic E-state index is -0.323. The summed E-state index contributed by atoms with van der Waals surface area (Å²) in [6.45, 7) is 17.9. The number of methoxy groups -OCH3 is 3. The van der Waals surface area contributed by atoms with E-state index in [9.17, 15) is 14.7 Å². The van der Waals surface area contributed by atoms with Crippen LogP contribution in [0.4, 0.5) is 28.4 Å². The molecule has 392 valence electrons. The van der Waals surface area contributed by atoms with Crippen LogP contribution < -0.4 is 89.8 Å². The van der Waals surface area contributed by atoms with Gasteiger partial charge in [-0.2, -0.15) is 0 Å². The fraction of sp³-hybridized carbons (Fsp3) is 0.380. The van der Waals surface area contributed by atoms with E-state index in [0.717, 1.165) is 64.0 Å². The van der Waals surface area contributed by atoms with E-state index in [1.807, 2.05) is 32.9 Å². The van der Waals surface area contributed by atoms with Crippen molar-refractivity contribution in [3.63, 3.8) is 0 Å². The number of aromatic amines is 2. The predicted octanol–water partition coefficient (Wildman–Crippen LogP) is 3.58. The summed E-state index contributed by atoms with van der Waals surface area (Å²) in [7, 11) is 4.59. The molecule has 1 fully saturated rings. The number of thioether (sulfide) groups is 1. The van der Waals surface area contributed by atoms with E-state index in [0.29, 0.717) is 50.5 Å². The Labute approximate surface area is 482 Å². The van der Waals surface area contributed by atoms with Crippen molar-refractivity contribution in [2.75, 3.05) is 87.9 Å². The van der Waals surface area contributed by atoms with E-state index in [4.69, 9.17) is 54.2 Å². The summed E-state index contributed by atoms with van der Waals surface area (Å²) < 4.78 is 20.9. The van der Waals surface area contributed by atoms with Crippen molar-refractivity contribution >= 4 is 91.9 Å². The molecule has 6 aromatic rings. The van der Waals surface area contributed by atoms with Crippen LogP contribution in [0.2, 0.25) is 0 Å². The average Bonchev–Trinajstić information content (AvgIpc) is 4.16. The van der Waals surface area contributed by atoms with Gasteiger partial charge in [-0.05, 0) is 113 Å². The maximum atomic E-state index is 12.2. The molecule has 0 atom stereocenters. The number of aryl methyl sites for hydroxylation is 3. The van der Waals surface area contributed by atoms with Gasteiger partial charge < -0.3 is 85.0 Å². The molecule has 0 radical (unpaired) electrons. The quantitative estimate of drug-likeness (QED) is 0.0424. The van der Waals surface area contributed by atoms with Gasteiger partial charge in [-0.25, -0.2) is 4.99 Å². The summed E-state index contributed by atoms with van der Waals surface area (Å²) in [4.78, 5) is 48.3. The van der Waals surface area contributed by atoms with Crippen molar-refractivity contribution in [2.24, 2.45) is 4.99 Å². The molecule has 73 heavy (non-hydrogen) atoms. The van der Waals surface area contributed by atoms with Crippen LogP contribution in [0.3, 0.4) is 0 Å². The number of rotatable bonds is 11. The molecule has 0 bridgehead atoms. The summed E-state index contributed by atoms with van der Waals surface area (Å²) in [6.07, 6.45) is 8.43. The molecule has 2 aliphatic rings. The normalized spacial score (nSPS) is 11.5. The molecule has 9 N–H and O–H groups in total. The second kappa shape index (κ2) is 36.3. The number of aromatic nitrogens is 5. The van der Waals surface area contributed by atoms with Crippen LogP contribution in [0.5, 0.6) is 23.0 Å². The molecule has 18 nitrogen and oxygen atoms in total. The summed E-state index contributed by atoms with van der Waals surface area (Å²) in [5.41, 5.74) is 20.0. The van der Waals surface area contributed by atoms with Crippen LogP contribution >= 0.6 is 35.6 Å². The van der Waals surface area contributed by atoms with Gasteiger partial charge in [0.05, 0.1) is 78.8 Å².